The van der Waals surface area contributed by atoms with Crippen LogP contribution in [0.25, 0.3) is 0 Å². The summed E-state index contributed by atoms with van der Waals surface area (Å²) >= 11 is 4.40. The maximum Gasteiger partial charge on any atom is 0.126 e. The fourth-order valence-corrected chi connectivity index (χ4v) is 6.22. The Morgan fingerprint density at radius 2 is 1.58 bits per heavy atom. The molecule has 0 fully saturated rings. The molecule has 0 saturated heterocycles. The molecule has 2 unspecified atom stereocenters. The van der Waals surface area contributed by atoms with E-state index in [2.05, 4.69) is 65.2 Å². The molecule has 2 atom stereocenters. The van der Waals surface area contributed by atoms with Crippen molar-refractivity contribution < 1.29 is 14.2 Å². The summed E-state index contributed by atoms with van der Waals surface area (Å²) in [4.78, 5) is 0. The zero-order valence-corrected chi connectivity index (χ0v) is 22.0. The van der Waals surface area contributed by atoms with Gasteiger partial charge in [0.15, 0.2) is 0 Å². The van der Waals surface area contributed by atoms with E-state index in [-0.39, 0.29) is 4.75 Å². The SMILES string of the molecule is COc1ccc(C2(SC)COc3cc(OC)ccc3C2CCCCCCCCI)cc1. The lowest BCUT2D eigenvalue weighted by Gasteiger charge is -2.44. The summed E-state index contributed by atoms with van der Waals surface area (Å²) in [5, 5.41) is 0. The van der Waals surface area contributed by atoms with Gasteiger partial charge in [0.25, 0.3) is 0 Å². The molecule has 1 aliphatic rings. The number of ether oxygens (including phenoxy) is 3. The fourth-order valence-electron chi connectivity index (χ4n) is 4.61. The molecular weight excluding hydrogens is 519 g/mol. The van der Waals surface area contributed by atoms with Gasteiger partial charge in [-0.15, -0.1) is 11.8 Å². The maximum atomic E-state index is 6.35. The summed E-state index contributed by atoms with van der Waals surface area (Å²) in [6.45, 7) is 0.668. The van der Waals surface area contributed by atoms with Crippen LogP contribution in [0.4, 0.5) is 0 Å². The van der Waals surface area contributed by atoms with Crippen molar-refractivity contribution >= 4 is 34.4 Å². The third-order valence-corrected chi connectivity index (χ3v) is 8.55. The van der Waals surface area contributed by atoms with E-state index in [0.717, 1.165) is 17.2 Å². The van der Waals surface area contributed by atoms with Crippen molar-refractivity contribution in [1.29, 1.82) is 0 Å². The van der Waals surface area contributed by atoms with E-state index in [1.807, 2.05) is 17.8 Å². The van der Waals surface area contributed by atoms with Crippen LogP contribution in [0.15, 0.2) is 42.5 Å². The molecule has 2 aromatic rings. The van der Waals surface area contributed by atoms with Gasteiger partial charge in [0, 0.05) is 12.0 Å². The van der Waals surface area contributed by atoms with Crippen LogP contribution in [0.3, 0.4) is 0 Å². The Kier molecular flexibility index (Phi) is 9.70. The summed E-state index contributed by atoms with van der Waals surface area (Å²) in [5.74, 6) is 3.13. The molecule has 0 aliphatic carbocycles. The van der Waals surface area contributed by atoms with Crippen LogP contribution >= 0.6 is 34.4 Å². The van der Waals surface area contributed by atoms with E-state index in [4.69, 9.17) is 14.2 Å². The highest BCUT2D eigenvalue weighted by Gasteiger charge is 2.45. The van der Waals surface area contributed by atoms with Gasteiger partial charge in [-0.2, -0.15) is 0 Å². The molecule has 170 valence electrons. The first-order valence-corrected chi connectivity index (χ1v) is 14.0. The van der Waals surface area contributed by atoms with Crippen LogP contribution < -0.4 is 14.2 Å². The van der Waals surface area contributed by atoms with Crippen molar-refractivity contribution in [2.75, 3.05) is 31.5 Å². The molecule has 0 saturated carbocycles. The number of hydrogen-bond donors (Lipinski definition) is 0. The first kappa shape index (κ1) is 24.6. The van der Waals surface area contributed by atoms with Crippen molar-refractivity contribution in [1.82, 2.24) is 0 Å². The smallest absolute Gasteiger partial charge is 0.126 e. The Morgan fingerprint density at radius 3 is 2.23 bits per heavy atom. The average Bonchev–Trinajstić information content (AvgIpc) is 2.83. The lowest BCUT2D eigenvalue weighted by molar-refractivity contribution is 0.210. The van der Waals surface area contributed by atoms with Gasteiger partial charge in [0.2, 0.25) is 0 Å². The Bertz CT molecular complexity index is 811. The summed E-state index contributed by atoms with van der Waals surface area (Å²) in [7, 11) is 3.43. The molecular formula is C26H35IO3S. The van der Waals surface area contributed by atoms with Gasteiger partial charge in [-0.3, -0.25) is 0 Å². The summed E-state index contributed by atoms with van der Waals surface area (Å²) in [6.07, 6.45) is 11.4. The van der Waals surface area contributed by atoms with Crippen LogP contribution in [0.2, 0.25) is 0 Å². The van der Waals surface area contributed by atoms with Crippen LogP contribution in [-0.4, -0.2) is 31.5 Å². The van der Waals surface area contributed by atoms with Gasteiger partial charge >= 0.3 is 0 Å². The zero-order chi connectivity index (χ0) is 22.1. The number of alkyl halides is 1. The highest BCUT2D eigenvalue weighted by atomic mass is 127. The Balaban J connectivity index is 1.84. The third kappa shape index (κ3) is 5.84. The first-order valence-electron chi connectivity index (χ1n) is 11.2. The lowest BCUT2D eigenvalue weighted by atomic mass is 9.76. The van der Waals surface area contributed by atoms with Crippen molar-refractivity contribution in [2.45, 2.75) is 55.6 Å². The molecule has 0 bridgehead atoms. The van der Waals surface area contributed by atoms with E-state index in [9.17, 15) is 0 Å². The molecule has 31 heavy (non-hydrogen) atoms. The van der Waals surface area contributed by atoms with E-state index in [0.29, 0.717) is 12.5 Å². The summed E-state index contributed by atoms with van der Waals surface area (Å²) in [6, 6.07) is 14.9. The van der Waals surface area contributed by atoms with E-state index in [1.165, 1.54) is 60.5 Å². The minimum absolute atomic E-state index is 0.102. The molecule has 3 nitrogen and oxygen atoms in total. The molecule has 0 N–H and O–H groups in total. The summed E-state index contributed by atoms with van der Waals surface area (Å²) in [5.41, 5.74) is 2.62. The Morgan fingerprint density at radius 1 is 0.935 bits per heavy atom. The van der Waals surface area contributed by atoms with E-state index < -0.39 is 0 Å². The van der Waals surface area contributed by atoms with Gasteiger partial charge in [-0.1, -0.05) is 72.9 Å². The minimum Gasteiger partial charge on any atom is -0.497 e. The fraction of sp³-hybridized carbons (Fsp3) is 0.538. The number of fused-ring (bicyclic) bond motifs is 1. The first-order chi connectivity index (χ1) is 15.2. The molecule has 5 heteroatoms. The average molecular weight is 555 g/mol. The molecule has 1 aliphatic heterocycles. The highest BCUT2D eigenvalue weighted by Crippen LogP contribution is 2.55. The predicted octanol–water partition coefficient (Wildman–Crippen LogP) is 7.60. The molecule has 0 amide bonds. The lowest BCUT2D eigenvalue weighted by Crippen LogP contribution is -2.40. The second-order valence-electron chi connectivity index (χ2n) is 8.17. The Labute approximate surface area is 205 Å². The van der Waals surface area contributed by atoms with Crippen molar-refractivity contribution in [3.63, 3.8) is 0 Å². The molecule has 1 heterocycles. The highest BCUT2D eigenvalue weighted by molar-refractivity contribution is 14.1. The monoisotopic (exact) mass is 554 g/mol. The normalized spacial score (nSPS) is 20.1. The second kappa shape index (κ2) is 12.2. The molecule has 0 aromatic heterocycles. The number of halogens is 1. The van der Waals surface area contributed by atoms with Gasteiger partial charge in [0.1, 0.15) is 23.9 Å². The summed E-state index contributed by atoms with van der Waals surface area (Å²) < 4.78 is 18.4. The minimum atomic E-state index is -0.102. The van der Waals surface area contributed by atoms with Crippen LogP contribution in [0, 0.1) is 0 Å². The van der Waals surface area contributed by atoms with Gasteiger partial charge < -0.3 is 14.2 Å². The molecule has 2 aromatic carbocycles. The van der Waals surface area contributed by atoms with Crippen molar-refractivity contribution in [3.8, 4) is 17.2 Å². The largest absolute Gasteiger partial charge is 0.497 e. The van der Waals surface area contributed by atoms with Crippen LogP contribution in [-0.2, 0) is 4.75 Å². The predicted molar refractivity (Wildman–Crippen MR) is 141 cm³/mol. The number of benzene rings is 2. The number of hydrogen-bond acceptors (Lipinski definition) is 4. The van der Waals surface area contributed by atoms with Crippen LogP contribution in [0.5, 0.6) is 17.2 Å². The molecule has 3 rings (SSSR count). The standard InChI is InChI=1S/C26H35IO3S/c1-28-21-13-11-20(12-14-21)26(31-3)19-30-25-18-22(29-2)15-16-23(25)24(26)10-8-6-4-5-7-9-17-27/h11-16,18,24H,4-10,17,19H2,1-3H3. The quantitative estimate of drug-likeness (QED) is 0.153. The van der Waals surface area contributed by atoms with Crippen LogP contribution in [0.1, 0.15) is 62.0 Å². The van der Waals surface area contributed by atoms with Crippen molar-refractivity contribution in [3.05, 3.63) is 53.6 Å². The molecule has 0 radical (unpaired) electrons. The zero-order valence-electron chi connectivity index (χ0n) is 19.0. The second-order valence-corrected chi connectivity index (χ2v) is 10.4. The topological polar surface area (TPSA) is 27.7 Å². The van der Waals surface area contributed by atoms with Gasteiger partial charge in [-0.05, 0) is 52.9 Å². The van der Waals surface area contributed by atoms with Gasteiger partial charge in [0.05, 0.1) is 19.0 Å². The van der Waals surface area contributed by atoms with Gasteiger partial charge in [-0.25, -0.2) is 0 Å². The number of unbranched alkanes of at least 4 members (excludes halogenated alkanes) is 5. The van der Waals surface area contributed by atoms with E-state index >= 15 is 0 Å². The molecule has 0 spiro atoms. The number of thioether (sulfide) groups is 1. The number of rotatable bonds is 12. The number of methoxy groups -OCH3 is 2. The van der Waals surface area contributed by atoms with Crippen molar-refractivity contribution in [2.24, 2.45) is 0 Å². The van der Waals surface area contributed by atoms with E-state index in [1.54, 1.807) is 14.2 Å². The Hall–Kier alpha value is -1.08. The maximum absolute atomic E-state index is 6.35. The third-order valence-electron chi connectivity index (χ3n) is 6.42.